The Morgan fingerprint density at radius 1 is 1.45 bits per heavy atom. The Morgan fingerprint density at radius 3 is 2.75 bits per heavy atom. The van der Waals surface area contributed by atoms with E-state index >= 15 is 0 Å². The fourth-order valence-electron chi connectivity index (χ4n) is 1.99. The summed E-state index contributed by atoms with van der Waals surface area (Å²) < 4.78 is 6.65. The summed E-state index contributed by atoms with van der Waals surface area (Å²) in [5, 5.41) is 16.2. The van der Waals surface area contributed by atoms with E-state index in [0.717, 1.165) is 6.42 Å². The highest BCUT2D eigenvalue weighted by atomic mass is 16.5. The molecule has 1 heterocycles. The van der Waals surface area contributed by atoms with Gasteiger partial charge in [-0.1, -0.05) is 30.3 Å². The lowest BCUT2D eigenvalue weighted by Crippen LogP contribution is -2.41. The van der Waals surface area contributed by atoms with Crippen molar-refractivity contribution >= 4 is 11.8 Å². The monoisotopic (exact) mass is 276 g/mol. The quantitative estimate of drug-likeness (QED) is 0.805. The van der Waals surface area contributed by atoms with Crippen molar-refractivity contribution < 1.29 is 19.1 Å². The predicted molar refractivity (Wildman–Crippen MR) is 71.8 cm³/mol. The van der Waals surface area contributed by atoms with Crippen molar-refractivity contribution in [3.05, 3.63) is 41.6 Å². The molecule has 0 saturated carbocycles. The molecular weight excluding hydrogens is 258 g/mol. The number of aliphatic hydroxyl groups excluding tert-OH is 1. The smallest absolute Gasteiger partial charge is 0.308 e. The molecule has 20 heavy (non-hydrogen) atoms. The van der Waals surface area contributed by atoms with Gasteiger partial charge in [0.15, 0.2) is 6.54 Å². The van der Waals surface area contributed by atoms with Crippen LogP contribution in [0.3, 0.4) is 0 Å². The molecule has 0 saturated heterocycles. The Bertz CT molecular complexity index is 579. The Hall–Kier alpha value is -2.21. The number of nitrogens with one attached hydrogen (secondary N) is 1. The van der Waals surface area contributed by atoms with Crippen molar-refractivity contribution in [2.45, 2.75) is 32.9 Å². The van der Waals surface area contributed by atoms with Gasteiger partial charge in [-0.15, -0.1) is 0 Å². The second-order valence-corrected chi connectivity index (χ2v) is 4.60. The first-order valence-electron chi connectivity index (χ1n) is 6.47. The van der Waals surface area contributed by atoms with Gasteiger partial charge in [0.2, 0.25) is 11.2 Å². The first kappa shape index (κ1) is 14.2. The minimum Gasteiger partial charge on any atom is -0.382 e. The van der Waals surface area contributed by atoms with Gasteiger partial charge in [-0.05, 0) is 17.2 Å². The van der Waals surface area contributed by atoms with Crippen LogP contribution in [-0.4, -0.2) is 16.3 Å². The second-order valence-electron chi connectivity index (χ2n) is 4.60. The topological polar surface area (TPSA) is 79.2 Å². The number of hydrogen-bond donors (Lipinski definition) is 2. The SMILES string of the molecule is CC(=O)Nc1on[n+](CCc2ccccc2)c1C(C)O. The van der Waals surface area contributed by atoms with Crippen molar-refractivity contribution in [3.63, 3.8) is 0 Å². The zero-order chi connectivity index (χ0) is 14.5. The molecule has 1 aromatic heterocycles. The summed E-state index contributed by atoms with van der Waals surface area (Å²) in [6, 6.07) is 9.96. The van der Waals surface area contributed by atoms with Crippen LogP contribution in [0.4, 0.5) is 5.88 Å². The minimum atomic E-state index is -0.779. The van der Waals surface area contributed by atoms with E-state index in [1.165, 1.54) is 12.5 Å². The summed E-state index contributed by atoms with van der Waals surface area (Å²) >= 11 is 0. The van der Waals surface area contributed by atoms with Gasteiger partial charge in [-0.2, -0.15) is 0 Å². The summed E-state index contributed by atoms with van der Waals surface area (Å²) in [5.41, 5.74) is 1.64. The molecule has 0 aliphatic carbocycles. The molecule has 2 N–H and O–H groups in total. The number of nitrogens with zero attached hydrogens (tertiary/aromatic N) is 2. The van der Waals surface area contributed by atoms with Crippen LogP contribution in [0.2, 0.25) is 0 Å². The van der Waals surface area contributed by atoms with Gasteiger partial charge in [-0.3, -0.25) is 14.6 Å². The van der Waals surface area contributed by atoms with Gasteiger partial charge in [-0.25, -0.2) is 0 Å². The van der Waals surface area contributed by atoms with Crippen LogP contribution in [0.1, 0.15) is 31.2 Å². The Balaban J connectivity index is 2.15. The van der Waals surface area contributed by atoms with Crippen LogP contribution in [0.5, 0.6) is 0 Å². The highest BCUT2D eigenvalue weighted by molar-refractivity contribution is 5.87. The zero-order valence-electron chi connectivity index (χ0n) is 11.5. The van der Waals surface area contributed by atoms with Gasteiger partial charge in [0.05, 0.1) is 0 Å². The molecule has 0 fully saturated rings. The van der Waals surface area contributed by atoms with Crippen molar-refractivity contribution in [1.29, 1.82) is 0 Å². The van der Waals surface area contributed by atoms with Gasteiger partial charge in [0.1, 0.15) is 6.10 Å². The largest absolute Gasteiger partial charge is 0.382 e. The number of aliphatic hydroxyl groups is 1. The van der Waals surface area contributed by atoms with Crippen molar-refractivity contribution in [2.24, 2.45) is 0 Å². The fraction of sp³-hybridized carbons (Fsp3) is 0.357. The molecule has 106 valence electrons. The first-order chi connectivity index (χ1) is 9.58. The van der Waals surface area contributed by atoms with E-state index in [-0.39, 0.29) is 11.8 Å². The van der Waals surface area contributed by atoms with Crippen LogP contribution < -0.4 is 10.00 Å². The van der Waals surface area contributed by atoms with Crippen molar-refractivity contribution in [1.82, 2.24) is 5.27 Å². The number of carbonyl (C=O) groups excluding carboxylic acids is 1. The van der Waals surface area contributed by atoms with Gasteiger partial charge < -0.3 is 5.11 Å². The number of anilines is 1. The van der Waals surface area contributed by atoms with E-state index in [9.17, 15) is 9.90 Å². The number of carbonyl (C=O) groups is 1. The lowest BCUT2D eigenvalue weighted by Gasteiger charge is -2.00. The van der Waals surface area contributed by atoms with Gasteiger partial charge in [0, 0.05) is 13.3 Å². The molecular formula is C14H18N3O3+. The van der Waals surface area contributed by atoms with E-state index in [0.29, 0.717) is 12.2 Å². The number of aryl methyl sites for hydroxylation is 2. The molecule has 0 aliphatic rings. The molecule has 0 radical (unpaired) electrons. The minimum absolute atomic E-state index is 0.195. The van der Waals surface area contributed by atoms with Gasteiger partial charge >= 0.3 is 11.6 Å². The third-order valence-electron chi connectivity index (χ3n) is 2.88. The normalized spacial score (nSPS) is 12.2. The molecule has 0 bridgehead atoms. The van der Waals surface area contributed by atoms with E-state index in [1.807, 2.05) is 30.3 Å². The summed E-state index contributed by atoms with van der Waals surface area (Å²) in [7, 11) is 0. The van der Waals surface area contributed by atoms with E-state index in [4.69, 9.17) is 4.52 Å². The summed E-state index contributed by atoms with van der Waals surface area (Å²) in [5.74, 6) is -0.0705. The number of benzene rings is 1. The fourth-order valence-corrected chi connectivity index (χ4v) is 1.99. The molecule has 0 spiro atoms. The standard InChI is InChI=1S/C14H17N3O3/c1-10(18)13-14(15-11(2)19)20-16-17(13)9-8-12-6-4-3-5-7-12/h3-7,10,18H,8-9H2,1-2H3/p+1. The Kier molecular flexibility index (Phi) is 4.47. The maximum atomic E-state index is 11.1. The average molecular weight is 276 g/mol. The maximum Gasteiger partial charge on any atom is 0.308 e. The number of aromatic nitrogens is 2. The highest BCUT2D eigenvalue weighted by Crippen LogP contribution is 2.18. The first-order valence-corrected chi connectivity index (χ1v) is 6.47. The predicted octanol–water partition coefficient (Wildman–Crippen LogP) is 1.22. The van der Waals surface area contributed by atoms with Crippen molar-refractivity contribution in [3.8, 4) is 0 Å². The van der Waals surface area contributed by atoms with E-state index in [2.05, 4.69) is 10.6 Å². The second kappa shape index (κ2) is 6.29. The van der Waals surface area contributed by atoms with E-state index < -0.39 is 6.10 Å². The Labute approximate surface area is 117 Å². The van der Waals surface area contributed by atoms with Crippen LogP contribution in [-0.2, 0) is 17.8 Å². The number of rotatable bonds is 5. The van der Waals surface area contributed by atoms with Crippen LogP contribution in [0, 0.1) is 0 Å². The van der Waals surface area contributed by atoms with Crippen LogP contribution in [0.25, 0.3) is 0 Å². The molecule has 2 rings (SSSR count). The average Bonchev–Trinajstić information content (AvgIpc) is 2.79. The van der Waals surface area contributed by atoms with E-state index in [1.54, 1.807) is 11.6 Å². The Morgan fingerprint density at radius 2 is 2.15 bits per heavy atom. The zero-order valence-corrected chi connectivity index (χ0v) is 11.5. The lowest BCUT2D eigenvalue weighted by atomic mass is 10.1. The lowest BCUT2D eigenvalue weighted by molar-refractivity contribution is -0.770. The molecule has 2 aromatic rings. The maximum absolute atomic E-state index is 11.1. The number of hydrogen-bond acceptors (Lipinski definition) is 4. The summed E-state index contributed by atoms with van der Waals surface area (Å²) in [6.45, 7) is 3.55. The van der Waals surface area contributed by atoms with Crippen LogP contribution in [0.15, 0.2) is 34.9 Å². The van der Waals surface area contributed by atoms with Crippen LogP contribution >= 0.6 is 0 Å². The third kappa shape index (κ3) is 3.42. The highest BCUT2D eigenvalue weighted by Gasteiger charge is 2.29. The number of amides is 1. The van der Waals surface area contributed by atoms with Gasteiger partial charge in [0.25, 0.3) is 0 Å². The molecule has 1 aromatic carbocycles. The molecule has 1 unspecified atom stereocenters. The van der Waals surface area contributed by atoms with Crippen molar-refractivity contribution in [2.75, 3.05) is 5.32 Å². The molecule has 6 nitrogen and oxygen atoms in total. The molecule has 0 aliphatic heterocycles. The summed E-state index contributed by atoms with van der Waals surface area (Å²) in [4.78, 5) is 11.1. The molecule has 1 amide bonds. The third-order valence-corrected chi connectivity index (χ3v) is 2.88. The summed E-state index contributed by atoms with van der Waals surface area (Å²) in [6.07, 6.45) is -0.0176. The molecule has 6 heteroatoms. The molecule has 1 atom stereocenters.